The van der Waals surface area contributed by atoms with Crippen LogP contribution in [0.15, 0.2) is 54.6 Å². The number of hydrogen-bond donors (Lipinski definition) is 0. The maximum absolute atomic E-state index is 15.5. The molecule has 198 valence electrons. The first-order chi connectivity index (χ1) is 18.2. The molecular formula is C27H25Cl2FN4O4. The van der Waals surface area contributed by atoms with Crippen LogP contribution in [-0.4, -0.2) is 22.9 Å². The molecule has 0 spiro atoms. The van der Waals surface area contributed by atoms with Gasteiger partial charge in [0.2, 0.25) is 0 Å². The van der Waals surface area contributed by atoms with Gasteiger partial charge in [-0.25, -0.2) is 4.39 Å². The zero-order valence-corrected chi connectivity index (χ0v) is 21.9. The predicted molar refractivity (Wildman–Crippen MR) is 146 cm³/mol. The highest BCUT2D eigenvalue weighted by Crippen LogP contribution is 2.49. The molecule has 0 saturated carbocycles. The quantitative estimate of drug-likeness (QED) is 0.224. The van der Waals surface area contributed by atoms with Crippen LogP contribution >= 0.6 is 23.2 Å². The van der Waals surface area contributed by atoms with Crippen LogP contribution in [0, 0.1) is 26.0 Å². The Morgan fingerprint density at radius 3 is 1.76 bits per heavy atom. The van der Waals surface area contributed by atoms with E-state index in [-0.39, 0.29) is 39.3 Å². The first-order valence-electron chi connectivity index (χ1n) is 12.4. The predicted octanol–water partition coefficient (Wildman–Crippen LogP) is 8.02. The summed E-state index contributed by atoms with van der Waals surface area (Å²) in [7, 11) is 0. The number of hydrogen-bond acceptors (Lipinski definition) is 6. The van der Waals surface area contributed by atoms with E-state index >= 15 is 4.39 Å². The number of nitro groups is 2. The molecule has 8 nitrogen and oxygen atoms in total. The van der Waals surface area contributed by atoms with Crippen LogP contribution in [0.2, 0.25) is 10.0 Å². The van der Waals surface area contributed by atoms with Gasteiger partial charge in [-0.15, -0.1) is 0 Å². The van der Waals surface area contributed by atoms with Gasteiger partial charge in [-0.05, 0) is 73.6 Å². The topological polar surface area (TPSA) is 92.8 Å². The molecule has 2 fully saturated rings. The van der Waals surface area contributed by atoms with Crippen molar-refractivity contribution in [3.63, 3.8) is 0 Å². The number of halogens is 3. The fourth-order valence-electron chi connectivity index (χ4n) is 5.63. The third-order valence-corrected chi connectivity index (χ3v) is 8.05. The second kappa shape index (κ2) is 10.7. The van der Waals surface area contributed by atoms with Crippen molar-refractivity contribution in [2.24, 2.45) is 0 Å². The molecule has 3 aromatic rings. The molecule has 2 aliphatic rings. The molecule has 0 radical (unpaired) electrons. The Kier molecular flexibility index (Phi) is 7.40. The van der Waals surface area contributed by atoms with Gasteiger partial charge in [0.25, 0.3) is 11.4 Å². The lowest BCUT2D eigenvalue weighted by molar-refractivity contribution is -0.384. The number of nitro benzene ring substituents is 2. The minimum Gasteiger partial charge on any atom is -0.369 e. The molecule has 0 amide bonds. The van der Waals surface area contributed by atoms with E-state index in [0.717, 1.165) is 32.4 Å². The molecule has 2 heterocycles. The van der Waals surface area contributed by atoms with Gasteiger partial charge in [0.05, 0.1) is 27.6 Å². The maximum atomic E-state index is 15.5. The molecule has 2 saturated heterocycles. The molecule has 38 heavy (non-hydrogen) atoms. The summed E-state index contributed by atoms with van der Waals surface area (Å²) < 4.78 is 15.5. The SMILES string of the molecule is O=[N+]([O-])c1cc([C@H]2CC[C@H](c3ccc(Cl)c([N+](=O)[O-])c3)N2c2ccc(N3CCCCC3)c(F)c2)ccc1Cl. The lowest BCUT2D eigenvalue weighted by atomic mass is 10.0. The molecule has 0 aromatic heterocycles. The van der Waals surface area contributed by atoms with Crippen molar-refractivity contribution in [3.8, 4) is 0 Å². The third kappa shape index (κ3) is 5.00. The molecule has 2 atom stereocenters. The van der Waals surface area contributed by atoms with Crippen molar-refractivity contribution in [3.05, 3.63) is 102 Å². The van der Waals surface area contributed by atoms with Crippen LogP contribution in [0.4, 0.5) is 27.1 Å². The van der Waals surface area contributed by atoms with Crippen molar-refractivity contribution in [2.75, 3.05) is 22.9 Å². The number of piperidine rings is 1. The third-order valence-electron chi connectivity index (χ3n) is 7.41. The minimum atomic E-state index is -0.530. The molecule has 0 aliphatic carbocycles. The first-order valence-corrected chi connectivity index (χ1v) is 13.2. The molecule has 5 rings (SSSR count). The Balaban J connectivity index is 1.59. The standard InChI is InChI=1S/C27H25Cl2FN4O4/c28-20-7-4-17(14-26(20)33(35)36)23-10-11-24(18-5-8-21(29)27(15-18)34(37)38)32(23)19-6-9-25(22(30)16-19)31-12-2-1-3-13-31/h4-9,14-16,23-24H,1-3,10-13H2/t23-,24-/m1/s1. The number of rotatable bonds is 6. The minimum absolute atomic E-state index is 0.0325. The lowest BCUT2D eigenvalue weighted by Gasteiger charge is -2.34. The van der Waals surface area contributed by atoms with Gasteiger partial charge in [0.15, 0.2) is 0 Å². The number of benzene rings is 3. The summed E-state index contributed by atoms with van der Waals surface area (Å²) >= 11 is 12.1. The van der Waals surface area contributed by atoms with Gasteiger partial charge < -0.3 is 9.80 Å². The van der Waals surface area contributed by atoms with E-state index in [2.05, 4.69) is 0 Å². The van der Waals surface area contributed by atoms with E-state index in [1.165, 1.54) is 30.3 Å². The largest absolute Gasteiger partial charge is 0.369 e. The summed E-state index contributed by atoms with van der Waals surface area (Å²) in [5.41, 5.74) is 2.04. The van der Waals surface area contributed by atoms with Crippen molar-refractivity contribution in [1.82, 2.24) is 0 Å². The fraction of sp³-hybridized carbons (Fsp3) is 0.333. The molecule has 0 N–H and O–H groups in total. The summed E-state index contributed by atoms with van der Waals surface area (Å²) in [5, 5.41) is 23.2. The monoisotopic (exact) mass is 558 g/mol. The van der Waals surface area contributed by atoms with E-state index in [1.54, 1.807) is 18.2 Å². The molecular weight excluding hydrogens is 534 g/mol. The number of anilines is 2. The van der Waals surface area contributed by atoms with Gasteiger partial charge in [0, 0.05) is 30.9 Å². The van der Waals surface area contributed by atoms with Crippen molar-refractivity contribution in [1.29, 1.82) is 0 Å². The van der Waals surface area contributed by atoms with E-state index < -0.39 is 9.85 Å². The summed E-state index contributed by atoms with van der Waals surface area (Å²) in [5.74, 6) is -0.349. The van der Waals surface area contributed by atoms with Crippen molar-refractivity contribution >= 4 is 46.0 Å². The fourth-order valence-corrected chi connectivity index (χ4v) is 6.00. The van der Waals surface area contributed by atoms with Crippen LogP contribution in [-0.2, 0) is 0 Å². The summed E-state index contributed by atoms with van der Waals surface area (Å²) in [6.07, 6.45) is 4.35. The molecule has 2 aliphatic heterocycles. The second-order valence-electron chi connectivity index (χ2n) is 9.64. The molecule has 11 heteroatoms. The molecule has 0 bridgehead atoms. The van der Waals surface area contributed by atoms with Gasteiger partial charge in [0.1, 0.15) is 15.9 Å². The summed E-state index contributed by atoms with van der Waals surface area (Å²) in [4.78, 5) is 26.1. The Hall–Kier alpha value is -3.43. The van der Waals surface area contributed by atoms with E-state index in [1.807, 2.05) is 15.9 Å². The highest BCUT2D eigenvalue weighted by Gasteiger charge is 2.37. The Bertz CT molecular complexity index is 1330. The van der Waals surface area contributed by atoms with Crippen LogP contribution in [0.1, 0.15) is 55.3 Å². The molecule has 3 aromatic carbocycles. The van der Waals surface area contributed by atoms with Crippen LogP contribution in [0.3, 0.4) is 0 Å². The molecule has 0 unspecified atom stereocenters. The highest BCUT2D eigenvalue weighted by atomic mass is 35.5. The zero-order chi connectivity index (χ0) is 27.0. The van der Waals surface area contributed by atoms with Crippen molar-refractivity contribution in [2.45, 2.75) is 44.2 Å². The van der Waals surface area contributed by atoms with Gasteiger partial charge in [-0.2, -0.15) is 0 Å². The first kappa shape index (κ1) is 26.2. The number of nitrogens with zero attached hydrogens (tertiary/aromatic N) is 4. The van der Waals surface area contributed by atoms with Crippen LogP contribution < -0.4 is 9.80 Å². The average Bonchev–Trinajstić information content (AvgIpc) is 3.34. The van der Waals surface area contributed by atoms with E-state index in [4.69, 9.17) is 23.2 Å². The van der Waals surface area contributed by atoms with Gasteiger partial charge in [-0.1, -0.05) is 35.3 Å². The lowest BCUT2D eigenvalue weighted by Crippen LogP contribution is -2.30. The Morgan fingerprint density at radius 1 is 0.763 bits per heavy atom. The van der Waals surface area contributed by atoms with Crippen LogP contribution in [0.25, 0.3) is 0 Å². The average molecular weight is 559 g/mol. The van der Waals surface area contributed by atoms with Gasteiger partial charge in [-0.3, -0.25) is 20.2 Å². The zero-order valence-electron chi connectivity index (χ0n) is 20.4. The highest BCUT2D eigenvalue weighted by molar-refractivity contribution is 6.33. The maximum Gasteiger partial charge on any atom is 0.288 e. The van der Waals surface area contributed by atoms with E-state index in [0.29, 0.717) is 35.3 Å². The smallest absolute Gasteiger partial charge is 0.288 e. The van der Waals surface area contributed by atoms with Crippen LogP contribution in [0.5, 0.6) is 0 Å². The summed E-state index contributed by atoms with van der Waals surface area (Å²) in [6, 6.07) is 13.8. The summed E-state index contributed by atoms with van der Waals surface area (Å²) in [6.45, 7) is 1.60. The van der Waals surface area contributed by atoms with Crippen molar-refractivity contribution < 1.29 is 14.2 Å². The normalized spacial score (nSPS) is 19.6. The Labute approximate surface area is 228 Å². The Morgan fingerprint density at radius 2 is 1.29 bits per heavy atom. The van der Waals surface area contributed by atoms with E-state index in [9.17, 15) is 20.2 Å². The second-order valence-corrected chi connectivity index (χ2v) is 10.4. The van der Waals surface area contributed by atoms with Gasteiger partial charge >= 0.3 is 0 Å².